The fraction of sp³-hybridized carbons (Fsp3) is 0.353. The molecule has 0 spiro atoms. The van der Waals surface area contributed by atoms with Gasteiger partial charge in [0, 0.05) is 15.7 Å². The van der Waals surface area contributed by atoms with Gasteiger partial charge in [0.1, 0.15) is 11.6 Å². The molecule has 0 amide bonds. The van der Waals surface area contributed by atoms with Gasteiger partial charge in [-0.1, -0.05) is 0 Å². The number of anilines is 3. The SMILES string of the molecule is CCn1c(Nc2ccc(I)cc2F)c(NS(=O)(=O)C2CC2)cc(C)c1=O. The van der Waals surface area contributed by atoms with E-state index in [1.165, 1.54) is 16.7 Å². The molecule has 0 aliphatic heterocycles. The third-order valence-electron chi connectivity index (χ3n) is 4.18. The Bertz CT molecular complexity index is 1020. The average Bonchev–Trinajstić information content (AvgIpc) is 3.40. The molecule has 9 heteroatoms. The minimum atomic E-state index is -3.53. The Kier molecular flexibility index (Phi) is 5.29. The molecule has 2 aromatic rings. The molecular formula is C17H19FIN3O3S. The molecule has 26 heavy (non-hydrogen) atoms. The van der Waals surface area contributed by atoms with Gasteiger partial charge in [0.2, 0.25) is 10.0 Å². The van der Waals surface area contributed by atoms with Crippen molar-refractivity contribution >= 4 is 49.8 Å². The smallest absolute Gasteiger partial charge is 0.255 e. The van der Waals surface area contributed by atoms with E-state index >= 15 is 0 Å². The van der Waals surface area contributed by atoms with E-state index in [-0.39, 0.29) is 22.8 Å². The van der Waals surface area contributed by atoms with Gasteiger partial charge in [0.25, 0.3) is 5.56 Å². The van der Waals surface area contributed by atoms with Crippen molar-refractivity contribution in [3.05, 3.63) is 49.6 Å². The van der Waals surface area contributed by atoms with E-state index in [1.54, 1.807) is 26.0 Å². The van der Waals surface area contributed by atoms with E-state index in [9.17, 15) is 17.6 Å². The molecule has 1 aromatic heterocycles. The summed E-state index contributed by atoms with van der Waals surface area (Å²) in [5.74, 6) is -0.254. The lowest BCUT2D eigenvalue weighted by Gasteiger charge is -2.20. The van der Waals surface area contributed by atoms with Crippen molar-refractivity contribution in [1.29, 1.82) is 0 Å². The first-order chi connectivity index (χ1) is 12.2. The normalized spacial score (nSPS) is 14.3. The van der Waals surface area contributed by atoms with Crippen molar-refractivity contribution < 1.29 is 12.8 Å². The summed E-state index contributed by atoms with van der Waals surface area (Å²) >= 11 is 2.00. The zero-order chi connectivity index (χ0) is 19.1. The Balaban J connectivity index is 2.11. The van der Waals surface area contributed by atoms with Gasteiger partial charge in [0.15, 0.2) is 0 Å². The predicted molar refractivity (Wildman–Crippen MR) is 109 cm³/mol. The second kappa shape index (κ2) is 7.18. The first kappa shape index (κ1) is 19.2. The molecule has 1 saturated carbocycles. The van der Waals surface area contributed by atoms with Gasteiger partial charge >= 0.3 is 0 Å². The number of sulfonamides is 1. The van der Waals surface area contributed by atoms with E-state index in [1.807, 2.05) is 22.6 Å². The van der Waals surface area contributed by atoms with Crippen LogP contribution in [-0.2, 0) is 16.6 Å². The summed E-state index contributed by atoms with van der Waals surface area (Å²) in [6.45, 7) is 3.71. The van der Waals surface area contributed by atoms with Gasteiger partial charge in [-0.2, -0.15) is 0 Å². The van der Waals surface area contributed by atoms with Gasteiger partial charge < -0.3 is 5.32 Å². The number of hydrogen-bond acceptors (Lipinski definition) is 4. The van der Waals surface area contributed by atoms with Crippen LogP contribution in [0.5, 0.6) is 0 Å². The Morgan fingerprint density at radius 2 is 1.96 bits per heavy atom. The Morgan fingerprint density at radius 3 is 2.54 bits per heavy atom. The van der Waals surface area contributed by atoms with Gasteiger partial charge in [-0.3, -0.25) is 14.1 Å². The maximum Gasteiger partial charge on any atom is 0.255 e. The Morgan fingerprint density at radius 1 is 1.27 bits per heavy atom. The lowest BCUT2D eigenvalue weighted by Crippen LogP contribution is -2.27. The minimum absolute atomic E-state index is 0.169. The summed E-state index contributed by atoms with van der Waals surface area (Å²) in [6, 6.07) is 6.13. The molecule has 1 heterocycles. The van der Waals surface area contributed by atoms with Gasteiger partial charge in [-0.15, -0.1) is 0 Å². The van der Waals surface area contributed by atoms with E-state index in [4.69, 9.17) is 0 Å². The molecule has 1 aliphatic carbocycles. The van der Waals surface area contributed by atoms with Crippen molar-refractivity contribution in [2.45, 2.75) is 38.5 Å². The predicted octanol–water partition coefficient (Wildman–Crippen LogP) is 3.57. The number of aromatic nitrogens is 1. The molecular weight excluding hydrogens is 472 g/mol. The van der Waals surface area contributed by atoms with E-state index in [0.29, 0.717) is 24.9 Å². The highest BCUT2D eigenvalue weighted by Crippen LogP contribution is 2.33. The Hall–Kier alpha value is -1.62. The number of aryl methyl sites for hydroxylation is 1. The summed E-state index contributed by atoms with van der Waals surface area (Å²) in [4.78, 5) is 12.5. The minimum Gasteiger partial charge on any atom is -0.337 e. The highest BCUT2D eigenvalue weighted by molar-refractivity contribution is 14.1. The third kappa shape index (κ3) is 3.88. The number of halogens is 2. The zero-order valence-electron chi connectivity index (χ0n) is 14.3. The number of benzene rings is 1. The standard InChI is InChI=1S/C17H19FIN3O3S/c1-3-22-16(20-14-7-4-11(19)9-13(14)18)15(8-10(2)17(22)23)21-26(24,25)12-5-6-12/h4,7-9,12,20-21H,3,5-6H2,1-2H3. The maximum atomic E-state index is 14.3. The molecule has 1 fully saturated rings. The highest BCUT2D eigenvalue weighted by Gasteiger charge is 2.36. The zero-order valence-corrected chi connectivity index (χ0v) is 17.3. The van der Waals surface area contributed by atoms with Crippen molar-refractivity contribution in [3.8, 4) is 0 Å². The lowest BCUT2D eigenvalue weighted by atomic mass is 10.2. The van der Waals surface area contributed by atoms with Gasteiger partial charge in [-0.05, 0) is 73.5 Å². The fourth-order valence-electron chi connectivity index (χ4n) is 2.65. The number of pyridine rings is 1. The van der Waals surface area contributed by atoms with Crippen LogP contribution >= 0.6 is 22.6 Å². The van der Waals surface area contributed by atoms with Crippen LogP contribution in [0.25, 0.3) is 0 Å². The average molecular weight is 491 g/mol. The molecule has 0 unspecified atom stereocenters. The molecule has 0 saturated heterocycles. The van der Waals surface area contributed by atoms with Crippen LogP contribution < -0.4 is 15.6 Å². The molecule has 6 nitrogen and oxygen atoms in total. The second-order valence-electron chi connectivity index (χ2n) is 6.23. The fourth-order valence-corrected chi connectivity index (χ4v) is 4.49. The summed E-state index contributed by atoms with van der Waals surface area (Å²) < 4.78 is 43.7. The first-order valence-corrected chi connectivity index (χ1v) is 10.8. The molecule has 1 aromatic carbocycles. The van der Waals surface area contributed by atoms with Crippen LogP contribution in [0.4, 0.5) is 21.6 Å². The van der Waals surface area contributed by atoms with Crippen LogP contribution in [0.1, 0.15) is 25.3 Å². The molecule has 0 bridgehead atoms. The number of hydrogen-bond donors (Lipinski definition) is 2. The molecule has 140 valence electrons. The quantitative estimate of drug-likeness (QED) is 0.606. The van der Waals surface area contributed by atoms with Crippen molar-refractivity contribution in [2.24, 2.45) is 0 Å². The van der Waals surface area contributed by atoms with Crippen molar-refractivity contribution in [1.82, 2.24) is 4.57 Å². The van der Waals surface area contributed by atoms with Gasteiger partial charge in [0.05, 0.1) is 16.6 Å². The van der Waals surface area contributed by atoms with Crippen LogP contribution in [0, 0.1) is 16.3 Å². The molecule has 1 aliphatic rings. The van der Waals surface area contributed by atoms with Crippen LogP contribution in [0.3, 0.4) is 0 Å². The van der Waals surface area contributed by atoms with Gasteiger partial charge in [-0.25, -0.2) is 12.8 Å². The largest absolute Gasteiger partial charge is 0.337 e. The monoisotopic (exact) mass is 491 g/mol. The number of rotatable bonds is 6. The number of nitrogens with zero attached hydrogens (tertiary/aromatic N) is 1. The van der Waals surface area contributed by atoms with E-state index in [0.717, 1.165) is 3.57 Å². The van der Waals surface area contributed by atoms with Crippen LogP contribution in [-0.4, -0.2) is 18.2 Å². The first-order valence-electron chi connectivity index (χ1n) is 8.21. The Labute approximate surface area is 165 Å². The summed E-state index contributed by atoms with van der Waals surface area (Å²) in [6.07, 6.45) is 1.24. The lowest BCUT2D eigenvalue weighted by molar-refractivity contribution is 0.600. The summed E-state index contributed by atoms with van der Waals surface area (Å²) in [7, 11) is -3.53. The molecule has 2 N–H and O–H groups in total. The molecule has 3 rings (SSSR count). The second-order valence-corrected chi connectivity index (χ2v) is 9.44. The van der Waals surface area contributed by atoms with Crippen molar-refractivity contribution in [3.63, 3.8) is 0 Å². The van der Waals surface area contributed by atoms with E-state index in [2.05, 4.69) is 10.0 Å². The summed E-state index contributed by atoms with van der Waals surface area (Å²) in [5.41, 5.74) is 0.570. The topological polar surface area (TPSA) is 80.2 Å². The summed E-state index contributed by atoms with van der Waals surface area (Å²) in [5, 5.41) is 2.49. The van der Waals surface area contributed by atoms with E-state index < -0.39 is 21.1 Å². The third-order valence-corrected chi connectivity index (χ3v) is 6.71. The highest BCUT2D eigenvalue weighted by atomic mass is 127. The number of nitrogens with one attached hydrogen (secondary N) is 2. The van der Waals surface area contributed by atoms with Crippen molar-refractivity contribution in [2.75, 3.05) is 10.0 Å². The molecule has 0 radical (unpaired) electrons. The van der Waals surface area contributed by atoms with Crippen LogP contribution in [0.15, 0.2) is 29.1 Å². The maximum absolute atomic E-state index is 14.3. The molecule has 0 atom stereocenters. The van der Waals surface area contributed by atoms with Crippen LogP contribution in [0.2, 0.25) is 0 Å².